The molecular weight excluding hydrogens is 256 g/mol. The minimum atomic E-state index is 0.383. The Labute approximate surface area is 131 Å². The lowest BCUT2D eigenvalue weighted by molar-refractivity contribution is -0.119. The highest BCUT2D eigenvalue weighted by molar-refractivity contribution is 5.80. The first kappa shape index (κ1) is 17.9. The topological polar surface area (TPSA) is 17.1 Å². The molecule has 0 saturated carbocycles. The smallest absolute Gasteiger partial charge is 0.137 e. The first-order chi connectivity index (χ1) is 9.88. The quantitative estimate of drug-likeness (QED) is 0.539. The van der Waals surface area contributed by atoms with E-state index in [0.29, 0.717) is 24.0 Å². The highest BCUT2D eigenvalue weighted by atomic mass is 16.1. The minimum absolute atomic E-state index is 0.383. The summed E-state index contributed by atoms with van der Waals surface area (Å²) in [6.07, 6.45) is 12.6. The summed E-state index contributed by atoms with van der Waals surface area (Å²) >= 11 is 0. The van der Waals surface area contributed by atoms with Crippen molar-refractivity contribution in [1.29, 1.82) is 0 Å². The normalized spacial score (nSPS) is 30.7. The molecule has 0 N–H and O–H groups in total. The van der Waals surface area contributed by atoms with Gasteiger partial charge in [-0.15, -0.1) is 0 Å². The molecule has 0 aliphatic heterocycles. The lowest BCUT2D eigenvalue weighted by Gasteiger charge is -2.13. The second-order valence-corrected chi connectivity index (χ2v) is 7.06. The largest absolute Gasteiger partial charge is 0.299 e. The minimum Gasteiger partial charge on any atom is -0.299 e. The zero-order chi connectivity index (χ0) is 15.8. The van der Waals surface area contributed by atoms with Crippen LogP contribution in [0.15, 0.2) is 34.9 Å². The average Bonchev–Trinajstić information content (AvgIpc) is 2.36. The molecular formula is C20H32O. The summed E-state index contributed by atoms with van der Waals surface area (Å²) in [5, 5.41) is 0. The number of allylic oxidation sites excluding steroid dienone is 6. The molecule has 0 saturated heterocycles. The maximum atomic E-state index is 12.1. The molecule has 0 heterocycles. The van der Waals surface area contributed by atoms with Crippen LogP contribution in [0.1, 0.15) is 73.1 Å². The fraction of sp³-hybridized carbons (Fsp3) is 0.650. The third-order valence-corrected chi connectivity index (χ3v) is 4.34. The summed E-state index contributed by atoms with van der Waals surface area (Å²) in [5.74, 6) is 1.46. The van der Waals surface area contributed by atoms with Crippen molar-refractivity contribution in [2.24, 2.45) is 11.8 Å². The summed E-state index contributed by atoms with van der Waals surface area (Å²) in [6.45, 7) is 11.0. The Kier molecular flexibility index (Phi) is 7.71. The molecule has 0 amide bonds. The van der Waals surface area contributed by atoms with E-state index in [9.17, 15) is 4.79 Å². The molecule has 1 nitrogen and oxygen atoms in total. The number of hydrogen-bond acceptors (Lipinski definition) is 1. The zero-order valence-corrected chi connectivity index (χ0v) is 14.5. The SMILES string of the molecule is C/C1=C/C=C(\C(C)C)CC/C(C)=C/CCC(C)CC(=O)C1. The maximum Gasteiger partial charge on any atom is 0.137 e. The molecule has 0 bridgehead atoms. The number of carbonyl (C=O) groups is 1. The van der Waals surface area contributed by atoms with Crippen LogP contribution < -0.4 is 0 Å². The third kappa shape index (κ3) is 7.45. The van der Waals surface area contributed by atoms with Crippen molar-refractivity contribution in [3.8, 4) is 0 Å². The molecule has 0 fully saturated rings. The molecule has 1 heteroatoms. The molecule has 118 valence electrons. The lowest BCUT2D eigenvalue weighted by Crippen LogP contribution is -2.06. The van der Waals surface area contributed by atoms with Crippen molar-refractivity contribution in [2.45, 2.75) is 73.1 Å². The van der Waals surface area contributed by atoms with Gasteiger partial charge in [0.25, 0.3) is 0 Å². The van der Waals surface area contributed by atoms with Crippen molar-refractivity contribution < 1.29 is 4.79 Å². The van der Waals surface area contributed by atoms with Gasteiger partial charge in [0.2, 0.25) is 0 Å². The third-order valence-electron chi connectivity index (χ3n) is 4.34. The van der Waals surface area contributed by atoms with E-state index in [1.54, 1.807) is 0 Å². The zero-order valence-electron chi connectivity index (χ0n) is 14.5. The van der Waals surface area contributed by atoms with Crippen LogP contribution in [-0.4, -0.2) is 5.78 Å². The molecule has 0 aromatic rings. The van der Waals surface area contributed by atoms with Crippen LogP contribution in [0.2, 0.25) is 0 Å². The summed E-state index contributed by atoms with van der Waals surface area (Å²) in [5.41, 5.74) is 4.16. The Bertz CT molecular complexity index is 435. The second-order valence-electron chi connectivity index (χ2n) is 7.06. The standard InChI is InChI=1S/C20H32O/c1-15(2)19-11-9-16(3)7-6-8-17(4)13-20(21)14-18(5)10-12-19/h7,10,12,15,17H,6,8-9,11,13-14H2,1-5H3/b16-7+,18-10-,19-12-. The molecule has 1 atom stereocenters. The number of hydrogen-bond donors (Lipinski definition) is 0. The van der Waals surface area contributed by atoms with Gasteiger partial charge in [0.05, 0.1) is 0 Å². The van der Waals surface area contributed by atoms with Crippen molar-refractivity contribution in [2.75, 3.05) is 0 Å². The Morgan fingerprint density at radius 3 is 2.48 bits per heavy atom. The van der Waals surface area contributed by atoms with E-state index < -0.39 is 0 Å². The molecule has 0 radical (unpaired) electrons. The number of rotatable bonds is 1. The highest BCUT2D eigenvalue weighted by Gasteiger charge is 2.10. The predicted octanol–water partition coefficient (Wildman–Crippen LogP) is 6.02. The van der Waals surface area contributed by atoms with Crippen LogP contribution in [0.5, 0.6) is 0 Å². The van der Waals surface area contributed by atoms with Gasteiger partial charge in [0.1, 0.15) is 5.78 Å². The second kappa shape index (κ2) is 9.02. The highest BCUT2D eigenvalue weighted by Crippen LogP contribution is 2.22. The van der Waals surface area contributed by atoms with Gasteiger partial charge in [-0.2, -0.15) is 0 Å². The van der Waals surface area contributed by atoms with E-state index >= 15 is 0 Å². The fourth-order valence-corrected chi connectivity index (χ4v) is 2.80. The van der Waals surface area contributed by atoms with E-state index in [1.807, 2.05) is 0 Å². The van der Waals surface area contributed by atoms with Gasteiger partial charge in [0.15, 0.2) is 0 Å². The predicted molar refractivity (Wildman–Crippen MR) is 92.3 cm³/mol. The van der Waals surface area contributed by atoms with Gasteiger partial charge in [0, 0.05) is 12.8 Å². The Hall–Kier alpha value is -1.11. The van der Waals surface area contributed by atoms with Gasteiger partial charge in [-0.05, 0) is 51.4 Å². The summed E-state index contributed by atoms with van der Waals surface area (Å²) < 4.78 is 0. The Morgan fingerprint density at radius 2 is 1.81 bits per heavy atom. The van der Waals surface area contributed by atoms with Crippen molar-refractivity contribution in [3.05, 3.63) is 34.9 Å². The van der Waals surface area contributed by atoms with Crippen LogP contribution in [0.25, 0.3) is 0 Å². The summed E-state index contributed by atoms with van der Waals surface area (Å²) in [7, 11) is 0. The molecule has 1 aliphatic carbocycles. The van der Waals surface area contributed by atoms with E-state index in [-0.39, 0.29) is 0 Å². The van der Waals surface area contributed by atoms with Crippen molar-refractivity contribution in [3.63, 3.8) is 0 Å². The van der Waals surface area contributed by atoms with Crippen LogP contribution in [0.3, 0.4) is 0 Å². The molecule has 0 spiro atoms. The van der Waals surface area contributed by atoms with Crippen LogP contribution in [0, 0.1) is 11.8 Å². The van der Waals surface area contributed by atoms with E-state index in [1.165, 1.54) is 16.7 Å². The Morgan fingerprint density at radius 1 is 1.10 bits per heavy atom. The van der Waals surface area contributed by atoms with Crippen molar-refractivity contribution >= 4 is 5.78 Å². The number of carbonyl (C=O) groups excluding carboxylic acids is 1. The molecule has 21 heavy (non-hydrogen) atoms. The average molecular weight is 288 g/mol. The first-order valence-corrected chi connectivity index (χ1v) is 8.42. The molecule has 1 rings (SSSR count). The first-order valence-electron chi connectivity index (χ1n) is 8.42. The van der Waals surface area contributed by atoms with Gasteiger partial charge in [-0.1, -0.05) is 55.7 Å². The van der Waals surface area contributed by atoms with Gasteiger partial charge >= 0.3 is 0 Å². The monoisotopic (exact) mass is 288 g/mol. The van der Waals surface area contributed by atoms with Crippen LogP contribution in [0.4, 0.5) is 0 Å². The molecule has 1 aliphatic rings. The van der Waals surface area contributed by atoms with Crippen LogP contribution >= 0.6 is 0 Å². The van der Waals surface area contributed by atoms with E-state index in [2.05, 4.69) is 52.8 Å². The Balaban J connectivity index is 2.91. The lowest BCUT2D eigenvalue weighted by atomic mass is 9.92. The van der Waals surface area contributed by atoms with E-state index in [4.69, 9.17) is 0 Å². The fourth-order valence-electron chi connectivity index (χ4n) is 2.80. The van der Waals surface area contributed by atoms with Crippen LogP contribution in [-0.2, 0) is 4.79 Å². The number of ketones is 1. The van der Waals surface area contributed by atoms with Gasteiger partial charge in [-0.25, -0.2) is 0 Å². The molecule has 0 aromatic heterocycles. The maximum absolute atomic E-state index is 12.1. The van der Waals surface area contributed by atoms with Crippen molar-refractivity contribution in [1.82, 2.24) is 0 Å². The summed E-state index contributed by atoms with van der Waals surface area (Å²) in [6, 6.07) is 0. The molecule has 0 aromatic carbocycles. The van der Waals surface area contributed by atoms with Gasteiger partial charge in [-0.3, -0.25) is 4.79 Å². The van der Waals surface area contributed by atoms with Gasteiger partial charge < -0.3 is 0 Å². The van der Waals surface area contributed by atoms with E-state index in [0.717, 1.165) is 32.1 Å². The number of Topliss-reactive ketones (excluding diaryl/α,β-unsaturated/α-hetero) is 1. The summed E-state index contributed by atoms with van der Waals surface area (Å²) in [4.78, 5) is 12.1. The molecule has 1 unspecified atom stereocenters.